The van der Waals surface area contributed by atoms with Gasteiger partial charge in [-0.1, -0.05) is 20.8 Å². The van der Waals surface area contributed by atoms with Crippen LogP contribution in [0.2, 0.25) is 0 Å². The van der Waals surface area contributed by atoms with Crippen LogP contribution in [0.4, 0.5) is 0 Å². The lowest BCUT2D eigenvalue weighted by Gasteiger charge is -2.35. The summed E-state index contributed by atoms with van der Waals surface area (Å²) in [6.07, 6.45) is 1.43. The van der Waals surface area contributed by atoms with E-state index < -0.39 is 5.97 Å². The molecule has 26 heavy (non-hydrogen) atoms. The van der Waals surface area contributed by atoms with Gasteiger partial charge in [0.25, 0.3) is 5.91 Å². The van der Waals surface area contributed by atoms with Gasteiger partial charge in [-0.2, -0.15) is 0 Å². The van der Waals surface area contributed by atoms with Crippen LogP contribution in [0, 0.1) is 17.8 Å². The van der Waals surface area contributed by atoms with Crippen molar-refractivity contribution in [2.45, 2.75) is 33.6 Å². The quantitative estimate of drug-likeness (QED) is 0.804. The Hall–Kier alpha value is -2.24. The molecular formula is C20H29NO5. The van der Waals surface area contributed by atoms with Gasteiger partial charge in [-0.15, -0.1) is 0 Å². The lowest BCUT2D eigenvalue weighted by Crippen LogP contribution is -2.45. The number of carboxylic acid groups (broad SMARTS) is 1. The molecule has 1 heterocycles. The van der Waals surface area contributed by atoms with E-state index in [9.17, 15) is 14.7 Å². The van der Waals surface area contributed by atoms with E-state index in [1.165, 1.54) is 0 Å². The normalized spacial score (nSPS) is 20.1. The zero-order chi connectivity index (χ0) is 19.3. The molecule has 144 valence electrons. The van der Waals surface area contributed by atoms with Crippen molar-refractivity contribution in [2.24, 2.45) is 17.8 Å². The number of rotatable bonds is 7. The molecule has 1 fully saturated rings. The molecule has 0 saturated carbocycles. The Morgan fingerprint density at radius 2 is 2.04 bits per heavy atom. The molecular weight excluding hydrogens is 334 g/mol. The fourth-order valence-corrected chi connectivity index (χ4v) is 3.20. The average molecular weight is 363 g/mol. The van der Waals surface area contributed by atoms with Crippen LogP contribution in [0.15, 0.2) is 18.2 Å². The van der Waals surface area contributed by atoms with Crippen molar-refractivity contribution in [1.29, 1.82) is 0 Å². The minimum atomic E-state index is -0.783. The van der Waals surface area contributed by atoms with Crippen LogP contribution in [-0.4, -0.2) is 48.7 Å². The number of methoxy groups -OCH3 is 1. The number of carbonyl (C=O) groups excluding carboxylic acids is 1. The zero-order valence-corrected chi connectivity index (χ0v) is 16.0. The van der Waals surface area contributed by atoms with Crippen LogP contribution in [0.3, 0.4) is 0 Å². The number of aliphatic carboxylic acids is 1. The van der Waals surface area contributed by atoms with Crippen molar-refractivity contribution in [3.63, 3.8) is 0 Å². The summed E-state index contributed by atoms with van der Waals surface area (Å²) in [4.78, 5) is 25.7. The molecule has 6 heteroatoms. The SMILES string of the molecule is COc1cc(C(=O)N2CCC(C(=O)O)C(C)C2)ccc1OCCC(C)C. The molecule has 0 spiro atoms. The fraction of sp³-hybridized carbons (Fsp3) is 0.600. The molecule has 1 saturated heterocycles. The number of carboxylic acids is 1. The highest BCUT2D eigenvalue weighted by Crippen LogP contribution is 2.30. The number of piperidine rings is 1. The number of nitrogens with zero attached hydrogens (tertiary/aromatic N) is 1. The predicted molar refractivity (Wildman–Crippen MR) is 98.8 cm³/mol. The molecule has 2 atom stereocenters. The Morgan fingerprint density at radius 1 is 1.31 bits per heavy atom. The molecule has 1 N–H and O–H groups in total. The maximum Gasteiger partial charge on any atom is 0.306 e. The third-order valence-electron chi connectivity index (χ3n) is 4.87. The van der Waals surface area contributed by atoms with E-state index >= 15 is 0 Å². The molecule has 1 aliphatic heterocycles. The first-order valence-corrected chi connectivity index (χ1v) is 9.16. The van der Waals surface area contributed by atoms with E-state index in [-0.39, 0.29) is 17.7 Å². The summed E-state index contributed by atoms with van der Waals surface area (Å²) in [5.41, 5.74) is 0.527. The van der Waals surface area contributed by atoms with Gasteiger partial charge in [-0.25, -0.2) is 0 Å². The summed E-state index contributed by atoms with van der Waals surface area (Å²) in [5.74, 6) is 0.381. The zero-order valence-electron chi connectivity index (χ0n) is 16.0. The van der Waals surface area contributed by atoms with Gasteiger partial charge in [0.15, 0.2) is 11.5 Å². The molecule has 0 aliphatic carbocycles. The third kappa shape index (κ3) is 4.90. The number of carbonyl (C=O) groups is 2. The highest BCUT2D eigenvalue weighted by molar-refractivity contribution is 5.95. The van der Waals surface area contributed by atoms with E-state index in [4.69, 9.17) is 9.47 Å². The topological polar surface area (TPSA) is 76.1 Å². The molecule has 0 aromatic heterocycles. The standard InChI is InChI=1S/C20H29NO5/c1-13(2)8-10-26-17-6-5-15(11-18(17)25-4)19(22)21-9-7-16(20(23)24)14(3)12-21/h5-6,11,13-14,16H,7-10,12H2,1-4H3,(H,23,24). The maximum atomic E-state index is 12.8. The Labute approximate surface area is 155 Å². The Bertz CT molecular complexity index is 643. The minimum absolute atomic E-state index is 0.0641. The molecule has 1 aromatic rings. The van der Waals surface area contributed by atoms with E-state index in [2.05, 4.69) is 13.8 Å². The fourth-order valence-electron chi connectivity index (χ4n) is 3.20. The van der Waals surface area contributed by atoms with Gasteiger partial charge >= 0.3 is 5.97 Å². The number of amides is 1. The van der Waals surface area contributed by atoms with Crippen LogP contribution in [0.25, 0.3) is 0 Å². The van der Waals surface area contributed by atoms with Crippen molar-refractivity contribution < 1.29 is 24.2 Å². The first-order valence-electron chi connectivity index (χ1n) is 9.16. The lowest BCUT2D eigenvalue weighted by molar-refractivity contribution is -0.145. The van der Waals surface area contributed by atoms with Crippen LogP contribution >= 0.6 is 0 Å². The van der Waals surface area contributed by atoms with Gasteiger partial charge in [0, 0.05) is 18.7 Å². The van der Waals surface area contributed by atoms with Crippen LogP contribution < -0.4 is 9.47 Å². The molecule has 2 unspecified atom stereocenters. The number of ether oxygens (including phenoxy) is 2. The van der Waals surface area contributed by atoms with Gasteiger partial charge in [-0.3, -0.25) is 9.59 Å². The van der Waals surface area contributed by atoms with E-state index in [0.717, 1.165) is 6.42 Å². The number of benzene rings is 1. The summed E-state index contributed by atoms with van der Waals surface area (Å²) in [5, 5.41) is 9.22. The highest BCUT2D eigenvalue weighted by Gasteiger charge is 2.33. The van der Waals surface area contributed by atoms with Gasteiger partial charge in [0.05, 0.1) is 19.6 Å². The number of hydrogen-bond acceptors (Lipinski definition) is 4. The van der Waals surface area contributed by atoms with Gasteiger partial charge in [0.2, 0.25) is 0 Å². The minimum Gasteiger partial charge on any atom is -0.493 e. The van der Waals surface area contributed by atoms with Gasteiger partial charge in [-0.05, 0) is 42.9 Å². The molecule has 0 radical (unpaired) electrons. The van der Waals surface area contributed by atoms with E-state index in [1.807, 2.05) is 6.92 Å². The number of likely N-dealkylation sites (tertiary alicyclic amines) is 1. The van der Waals surface area contributed by atoms with Crippen molar-refractivity contribution in [3.8, 4) is 11.5 Å². The average Bonchev–Trinajstić information content (AvgIpc) is 2.60. The second-order valence-electron chi connectivity index (χ2n) is 7.36. The van der Waals surface area contributed by atoms with E-state index in [0.29, 0.717) is 49.1 Å². The van der Waals surface area contributed by atoms with Gasteiger partial charge in [0.1, 0.15) is 0 Å². The first kappa shape index (κ1) is 20.1. The second kappa shape index (κ2) is 8.92. The summed E-state index contributed by atoms with van der Waals surface area (Å²) < 4.78 is 11.1. The van der Waals surface area contributed by atoms with Crippen molar-refractivity contribution in [1.82, 2.24) is 4.90 Å². The Kier molecular flexibility index (Phi) is 6.89. The van der Waals surface area contributed by atoms with Crippen molar-refractivity contribution >= 4 is 11.9 Å². The third-order valence-corrected chi connectivity index (χ3v) is 4.87. The molecule has 1 aromatic carbocycles. The molecule has 2 rings (SSSR count). The smallest absolute Gasteiger partial charge is 0.306 e. The lowest BCUT2D eigenvalue weighted by atomic mass is 9.87. The summed E-state index contributed by atoms with van der Waals surface area (Å²) in [6, 6.07) is 5.20. The molecule has 1 amide bonds. The molecule has 0 bridgehead atoms. The molecule has 1 aliphatic rings. The summed E-state index contributed by atoms with van der Waals surface area (Å²) in [6.45, 7) is 7.65. The first-order chi connectivity index (χ1) is 12.3. The predicted octanol–water partition coefficient (Wildman–Crippen LogP) is 3.30. The second-order valence-corrected chi connectivity index (χ2v) is 7.36. The number of hydrogen-bond donors (Lipinski definition) is 1. The van der Waals surface area contributed by atoms with Gasteiger partial charge < -0.3 is 19.5 Å². The largest absolute Gasteiger partial charge is 0.493 e. The monoisotopic (exact) mass is 363 g/mol. The van der Waals surface area contributed by atoms with E-state index in [1.54, 1.807) is 30.2 Å². The van der Waals surface area contributed by atoms with Crippen molar-refractivity contribution in [3.05, 3.63) is 23.8 Å². The maximum absolute atomic E-state index is 12.8. The van der Waals surface area contributed by atoms with Crippen LogP contribution in [0.5, 0.6) is 11.5 Å². The molecule has 6 nitrogen and oxygen atoms in total. The van der Waals surface area contributed by atoms with Crippen LogP contribution in [-0.2, 0) is 4.79 Å². The Morgan fingerprint density at radius 3 is 2.62 bits per heavy atom. The summed E-state index contributed by atoms with van der Waals surface area (Å²) >= 11 is 0. The van der Waals surface area contributed by atoms with Crippen LogP contribution in [0.1, 0.15) is 44.0 Å². The van der Waals surface area contributed by atoms with Crippen molar-refractivity contribution in [2.75, 3.05) is 26.8 Å². The highest BCUT2D eigenvalue weighted by atomic mass is 16.5. The summed E-state index contributed by atoms with van der Waals surface area (Å²) in [7, 11) is 1.55. The Balaban J connectivity index is 2.06.